The Labute approximate surface area is 131 Å². The lowest BCUT2D eigenvalue weighted by atomic mass is 10.3. The molecule has 2 aromatic rings. The van der Waals surface area contributed by atoms with Crippen molar-refractivity contribution >= 4 is 31.6 Å². The first-order chi connectivity index (χ1) is 10.0. The van der Waals surface area contributed by atoms with Gasteiger partial charge >= 0.3 is 0 Å². The van der Waals surface area contributed by atoms with Gasteiger partial charge in [0.05, 0.1) is 10.6 Å². The molecule has 0 aliphatic heterocycles. The molecule has 0 saturated heterocycles. The summed E-state index contributed by atoms with van der Waals surface area (Å²) < 4.78 is 33.0. The van der Waals surface area contributed by atoms with Crippen LogP contribution in [0.1, 0.15) is 0 Å². The minimum absolute atomic E-state index is 0.140. The van der Waals surface area contributed by atoms with Gasteiger partial charge in [-0.1, -0.05) is 28.1 Å². The van der Waals surface area contributed by atoms with Crippen LogP contribution in [-0.4, -0.2) is 15.0 Å². The van der Waals surface area contributed by atoms with Crippen molar-refractivity contribution < 1.29 is 13.2 Å². The van der Waals surface area contributed by atoms with Crippen LogP contribution < -0.4 is 9.46 Å². The van der Waals surface area contributed by atoms with E-state index in [1.54, 1.807) is 36.4 Å². The van der Waals surface area contributed by atoms with Crippen LogP contribution in [0.25, 0.3) is 0 Å². The normalized spacial score (nSPS) is 10.7. The van der Waals surface area contributed by atoms with Crippen molar-refractivity contribution in [2.45, 2.75) is 4.90 Å². The van der Waals surface area contributed by atoms with Crippen LogP contribution in [0.15, 0.2) is 57.9 Å². The molecule has 1 N–H and O–H groups in total. The third-order valence-corrected chi connectivity index (χ3v) is 4.46. The number of rotatable bonds is 5. The molecule has 0 bridgehead atoms. The van der Waals surface area contributed by atoms with Crippen molar-refractivity contribution in [3.05, 3.63) is 53.0 Å². The van der Waals surface area contributed by atoms with Crippen molar-refractivity contribution in [1.82, 2.24) is 0 Å². The summed E-state index contributed by atoms with van der Waals surface area (Å²) in [5.41, 5.74) is 0.288. The van der Waals surface area contributed by atoms with E-state index in [0.717, 1.165) is 4.47 Å². The van der Waals surface area contributed by atoms with Gasteiger partial charge in [-0.3, -0.25) is 4.72 Å². The Morgan fingerprint density at radius 1 is 1.14 bits per heavy atom. The molecule has 5 nitrogen and oxygen atoms in total. The van der Waals surface area contributed by atoms with Crippen LogP contribution in [0, 0.1) is 11.3 Å². The average Bonchev–Trinajstić information content (AvgIpc) is 2.46. The molecule has 0 radical (unpaired) electrons. The zero-order chi connectivity index (χ0) is 15.3. The minimum Gasteiger partial charge on any atom is -0.477 e. The summed E-state index contributed by atoms with van der Waals surface area (Å²) in [5, 5.41) is 8.54. The van der Waals surface area contributed by atoms with Crippen molar-refractivity contribution in [3.8, 4) is 11.8 Å². The summed E-state index contributed by atoms with van der Waals surface area (Å²) in [6, 6.07) is 14.7. The Morgan fingerprint density at radius 2 is 1.81 bits per heavy atom. The van der Waals surface area contributed by atoms with Gasteiger partial charge in [0.15, 0.2) is 6.61 Å². The van der Waals surface area contributed by atoms with E-state index in [9.17, 15) is 8.42 Å². The van der Waals surface area contributed by atoms with Crippen molar-refractivity contribution in [3.63, 3.8) is 0 Å². The van der Waals surface area contributed by atoms with Crippen LogP contribution in [0.2, 0.25) is 0 Å². The highest BCUT2D eigenvalue weighted by Gasteiger charge is 2.16. The zero-order valence-corrected chi connectivity index (χ0v) is 13.2. The second-order valence-electron chi connectivity index (χ2n) is 4.00. The fourth-order valence-electron chi connectivity index (χ4n) is 1.60. The minimum atomic E-state index is -3.71. The number of anilines is 1. The topological polar surface area (TPSA) is 79.2 Å². The smallest absolute Gasteiger partial charge is 0.262 e. The van der Waals surface area contributed by atoms with Gasteiger partial charge in [0.25, 0.3) is 10.0 Å². The Bertz CT molecular complexity index is 768. The SMILES string of the molecule is N#CCOc1ccccc1NS(=O)(=O)c1ccc(Br)cc1. The van der Waals surface area contributed by atoms with Gasteiger partial charge in [0.2, 0.25) is 0 Å². The van der Waals surface area contributed by atoms with Gasteiger partial charge in [-0.2, -0.15) is 5.26 Å². The van der Waals surface area contributed by atoms with E-state index in [1.807, 2.05) is 6.07 Å². The first kappa shape index (κ1) is 15.4. The van der Waals surface area contributed by atoms with E-state index in [4.69, 9.17) is 10.00 Å². The largest absolute Gasteiger partial charge is 0.477 e. The number of halogens is 1. The Morgan fingerprint density at radius 3 is 2.48 bits per heavy atom. The molecule has 0 saturated carbocycles. The molecule has 108 valence electrons. The number of nitriles is 1. The zero-order valence-electron chi connectivity index (χ0n) is 10.8. The molecule has 0 spiro atoms. The quantitative estimate of drug-likeness (QED) is 0.881. The maximum Gasteiger partial charge on any atom is 0.262 e. The van der Waals surface area contributed by atoms with Gasteiger partial charge in [-0.05, 0) is 36.4 Å². The lowest BCUT2D eigenvalue weighted by Crippen LogP contribution is -2.13. The molecule has 0 aromatic heterocycles. The van der Waals surface area contributed by atoms with Gasteiger partial charge in [-0.15, -0.1) is 0 Å². The van der Waals surface area contributed by atoms with Crippen molar-refractivity contribution in [2.75, 3.05) is 11.3 Å². The monoisotopic (exact) mass is 366 g/mol. The van der Waals surface area contributed by atoms with E-state index in [2.05, 4.69) is 20.7 Å². The highest BCUT2D eigenvalue weighted by molar-refractivity contribution is 9.10. The molecule has 0 aliphatic carbocycles. The lowest BCUT2D eigenvalue weighted by Gasteiger charge is -2.12. The molecule has 2 aromatic carbocycles. The van der Waals surface area contributed by atoms with Crippen LogP contribution in [0.4, 0.5) is 5.69 Å². The molecule has 0 amide bonds. The van der Waals surface area contributed by atoms with Gasteiger partial charge < -0.3 is 4.74 Å². The molecular weight excluding hydrogens is 356 g/mol. The first-order valence-corrected chi connectivity index (χ1v) is 8.18. The summed E-state index contributed by atoms with van der Waals surface area (Å²) in [5.74, 6) is 0.305. The predicted octanol–water partition coefficient (Wildman–Crippen LogP) is 3.15. The van der Waals surface area contributed by atoms with Crippen molar-refractivity contribution in [1.29, 1.82) is 5.26 Å². The number of ether oxygens (including phenoxy) is 1. The fourth-order valence-corrected chi connectivity index (χ4v) is 2.94. The molecule has 2 rings (SSSR count). The third-order valence-electron chi connectivity index (χ3n) is 2.55. The van der Waals surface area contributed by atoms with Crippen LogP contribution in [0.5, 0.6) is 5.75 Å². The van der Waals surface area contributed by atoms with E-state index >= 15 is 0 Å². The first-order valence-electron chi connectivity index (χ1n) is 5.90. The molecule has 0 heterocycles. The van der Waals surface area contributed by atoms with Crippen LogP contribution in [0.3, 0.4) is 0 Å². The maximum atomic E-state index is 12.3. The number of benzene rings is 2. The molecular formula is C14H11BrN2O3S. The molecule has 0 atom stereocenters. The second-order valence-corrected chi connectivity index (χ2v) is 6.60. The summed E-state index contributed by atoms with van der Waals surface area (Å²) in [6.07, 6.45) is 0. The number of hydrogen-bond acceptors (Lipinski definition) is 4. The summed E-state index contributed by atoms with van der Waals surface area (Å²) in [6.45, 7) is -0.156. The Kier molecular flexibility index (Phi) is 4.83. The van der Waals surface area contributed by atoms with Gasteiger partial charge in [0, 0.05) is 4.47 Å². The summed E-state index contributed by atoms with van der Waals surface area (Å²) in [7, 11) is -3.71. The van der Waals surface area contributed by atoms with E-state index in [0.29, 0.717) is 5.75 Å². The molecule has 7 heteroatoms. The second kappa shape index (κ2) is 6.61. The molecule has 0 unspecified atom stereocenters. The molecule has 0 aliphatic rings. The number of para-hydroxylation sites is 2. The van der Waals surface area contributed by atoms with Gasteiger partial charge in [-0.25, -0.2) is 8.42 Å². The lowest BCUT2D eigenvalue weighted by molar-refractivity contribution is 0.370. The van der Waals surface area contributed by atoms with E-state index < -0.39 is 10.0 Å². The maximum absolute atomic E-state index is 12.3. The number of sulfonamides is 1. The highest BCUT2D eigenvalue weighted by atomic mass is 79.9. The highest BCUT2D eigenvalue weighted by Crippen LogP contribution is 2.26. The van der Waals surface area contributed by atoms with Crippen LogP contribution in [-0.2, 0) is 10.0 Å². The number of nitrogens with zero attached hydrogens (tertiary/aromatic N) is 1. The third kappa shape index (κ3) is 3.97. The Balaban J connectivity index is 2.29. The molecule has 0 fully saturated rings. The number of hydrogen-bond donors (Lipinski definition) is 1. The number of nitrogens with one attached hydrogen (secondary N) is 1. The Hall–Kier alpha value is -2.04. The van der Waals surface area contributed by atoms with Crippen LogP contribution >= 0.6 is 15.9 Å². The van der Waals surface area contributed by atoms with Crippen molar-refractivity contribution in [2.24, 2.45) is 0 Å². The summed E-state index contributed by atoms with van der Waals surface area (Å²) >= 11 is 3.25. The molecule has 21 heavy (non-hydrogen) atoms. The fraction of sp³-hybridized carbons (Fsp3) is 0.0714. The van der Waals surface area contributed by atoms with E-state index in [1.165, 1.54) is 12.1 Å². The van der Waals surface area contributed by atoms with Gasteiger partial charge in [0.1, 0.15) is 11.8 Å². The predicted molar refractivity (Wildman–Crippen MR) is 82.5 cm³/mol. The standard InChI is InChI=1S/C14H11BrN2O3S/c15-11-5-7-12(8-6-11)21(18,19)17-13-3-1-2-4-14(13)20-10-9-16/h1-8,17H,10H2. The average molecular weight is 367 g/mol. The summed E-state index contributed by atoms with van der Waals surface area (Å²) in [4.78, 5) is 0.140. The van der Waals surface area contributed by atoms with E-state index in [-0.39, 0.29) is 17.2 Å².